The Hall–Kier alpha value is -1.08. The predicted molar refractivity (Wildman–Crippen MR) is 67.3 cm³/mol. The summed E-state index contributed by atoms with van der Waals surface area (Å²) in [5.74, 6) is -3.34. The molecular weight excluding hydrogens is 270 g/mol. The van der Waals surface area contributed by atoms with Gasteiger partial charge in [0.05, 0.1) is 13.2 Å². The van der Waals surface area contributed by atoms with E-state index in [-0.39, 0.29) is 19.6 Å². The summed E-state index contributed by atoms with van der Waals surface area (Å²) in [6.07, 6.45) is -4.39. The van der Waals surface area contributed by atoms with Gasteiger partial charge >= 0.3 is 5.92 Å². The highest BCUT2D eigenvalue weighted by atomic mass is 19.3. The van der Waals surface area contributed by atoms with Crippen LogP contribution >= 0.6 is 0 Å². The lowest BCUT2D eigenvalue weighted by atomic mass is 10.0. The molecule has 0 amide bonds. The molecule has 0 aromatic heterocycles. The number of hydrogen-bond donors (Lipinski definition) is 1. The molecule has 1 saturated heterocycles. The van der Waals surface area contributed by atoms with Gasteiger partial charge in [-0.25, -0.2) is 8.78 Å². The monoisotopic (exact) mass is 288 g/mol. The Morgan fingerprint density at radius 3 is 2.70 bits per heavy atom. The van der Waals surface area contributed by atoms with E-state index in [4.69, 9.17) is 14.2 Å². The summed E-state index contributed by atoms with van der Waals surface area (Å²) in [5, 5.41) is 9.46. The van der Waals surface area contributed by atoms with Crippen molar-refractivity contribution in [1.29, 1.82) is 0 Å². The van der Waals surface area contributed by atoms with Gasteiger partial charge in [0, 0.05) is 13.5 Å². The third-order valence-corrected chi connectivity index (χ3v) is 3.25. The molecule has 4 nitrogen and oxygen atoms in total. The van der Waals surface area contributed by atoms with Crippen LogP contribution in [0.2, 0.25) is 0 Å². The first-order valence-corrected chi connectivity index (χ1v) is 6.40. The van der Waals surface area contributed by atoms with Crippen LogP contribution in [0.25, 0.3) is 0 Å². The third-order valence-electron chi connectivity index (χ3n) is 3.25. The van der Waals surface area contributed by atoms with Gasteiger partial charge in [-0.05, 0) is 5.56 Å². The highest BCUT2D eigenvalue weighted by Crippen LogP contribution is 2.34. The van der Waals surface area contributed by atoms with Crippen LogP contribution in [0.1, 0.15) is 12.0 Å². The SMILES string of the molecule is CO[C@@H]1C[C@@H](O)C(F)(F)[C@@H](COCc2ccccc2)O1. The minimum absolute atomic E-state index is 0.213. The van der Waals surface area contributed by atoms with Crippen LogP contribution in [0.3, 0.4) is 0 Å². The summed E-state index contributed by atoms with van der Waals surface area (Å²) < 4.78 is 42.8. The molecule has 1 aliphatic heterocycles. The van der Waals surface area contributed by atoms with Crippen LogP contribution in [-0.4, -0.2) is 43.2 Å². The fourth-order valence-corrected chi connectivity index (χ4v) is 2.04. The van der Waals surface area contributed by atoms with Gasteiger partial charge in [0.1, 0.15) is 12.2 Å². The molecule has 2 rings (SSSR count). The number of alkyl halides is 2. The molecule has 1 aromatic carbocycles. The molecule has 1 heterocycles. The Morgan fingerprint density at radius 2 is 2.05 bits per heavy atom. The van der Waals surface area contributed by atoms with E-state index in [0.29, 0.717) is 0 Å². The fraction of sp³-hybridized carbons (Fsp3) is 0.571. The van der Waals surface area contributed by atoms with Crippen molar-refractivity contribution in [1.82, 2.24) is 0 Å². The summed E-state index contributed by atoms with van der Waals surface area (Å²) in [7, 11) is 1.35. The lowest BCUT2D eigenvalue weighted by Crippen LogP contribution is -2.55. The first-order valence-electron chi connectivity index (χ1n) is 6.40. The first kappa shape index (κ1) is 15.3. The predicted octanol–water partition coefficient (Wildman–Crippen LogP) is 1.96. The highest BCUT2D eigenvalue weighted by molar-refractivity contribution is 5.13. The summed E-state index contributed by atoms with van der Waals surface area (Å²) in [5.41, 5.74) is 0.885. The van der Waals surface area contributed by atoms with Crippen LogP contribution in [0, 0.1) is 0 Å². The van der Waals surface area contributed by atoms with Gasteiger partial charge in [-0.15, -0.1) is 0 Å². The molecule has 3 atom stereocenters. The zero-order valence-electron chi connectivity index (χ0n) is 11.2. The molecule has 1 aliphatic rings. The second-order valence-corrected chi connectivity index (χ2v) is 4.72. The number of aliphatic hydroxyl groups excluding tert-OH is 1. The van der Waals surface area contributed by atoms with E-state index >= 15 is 0 Å². The normalized spacial score (nSPS) is 29.3. The molecule has 1 aromatic rings. The first-order chi connectivity index (χ1) is 9.54. The molecule has 0 spiro atoms. The molecule has 0 aliphatic carbocycles. The number of ether oxygens (including phenoxy) is 3. The number of hydrogen-bond acceptors (Lipinski definition) is 4. The van der Waals surface area contributed by atoms with E-state index in [1.54, 1.807) is 0 Å². The van der Waals surface area contributed by atoms with Crippen molar-refractivity contribution < 1.29 is 28.1 Å². The zero-order valence-corrected chi connectivity index (χ0v) is 11.2. The second-order valence-electron chi connectivity index (χ2n) is 4.72. The molecule has 0 unspecified atom stereocenters. The molecule has 112 valence electrons. The fourth-order valence-electron chi connectivity index (χ4n) is 2.04. The molecule has 1 N–H and O–H groups in total. The summed E-state index contributed by atoms with van der Waals surface area (Å²) >= 11 is 0. The van der Waals surface area contributed by atoms with Gasteiger partial charge in [0.15, 0.2) is 6.29 Å². The van der Waals surface area contributed by atoms with Crippen LogP contribution in [0.5, 0.6) is 0 Å². The molecular formula is C14H18F2O4. The lowest BCUT2D eigenvalue weighted by Gasteiger charge is -2.38. The number of halogens is 2. The van der Waals surface area contributed by atoms with Gasteiger partial charge < -0.3 is 19.3 Å². The molecule has 6 heteroatoms. The maximum Gasteiger partial charge on any atom is 0.301 e. The maximum atomic E-state index is 13.8. The van der Waals surface area contributed by atoms with E-state index in [1.807, 2.05) is 30.3 Å². The lowest BCUT2D eigenvalue weighted by molar-refractivity contribution is -0.305. The highest BCUT2D eigenvalue weighted by Gasteiger charge is 2.53. The zero-order chi connectivity index (χ0) is 14.6. The van der Waals surface area contributed by atoms with E-state index in [0.717, 1.165) is 5.56 Å². The van der Waals surface area contributed by atoms with Gasteiger partial charge in [-0.1, -0.05) is 30.3 Å². The van der Waals surface area contributed by atoms with E-state index in [2.05, 4.69) is 0 Å². The summed E-state index contributed by atoms with van der Waals surface area (Å²) in [4.78, 5) is 0. The largest absolute Gasteiger partial charge is 0.387 e. The third kappa shape index (κ3) is 3.52. The summed E-state index contributed by atoms with van der Waals surface area (Å²) in [6, 6.07) is 9.23. The Morgan fingerprint density at radius 1 is 1.35 bits per heavy atom. The van der Waals surface area contributed by atoms with Crippen molar-refractivity contribution in [3.8, 4) is 0 Å². The van der Waals surface area contributed by atoms with Gasteiger partial charge in [0.25, 0.3) is 0 Å². The molecule has 0 saturated carbocycles. The Balaban J connectivity index is 1.89. The second kappa shape index (κ2) is 6.58. The maximum absolute atomic E-state index is 13.8. The number of methoxy groups -OCH3 is 1. The van der Waals surface area contributed by atoms with Crippen molar-refractivity contribution in [3.05, 3.63) is 35.9 Å². The van der Waals surface area contributed by atoms with Crippen molar-refractivity contribution in [2.75, 3.05) is 13.7 Å². The van der Waals surface area contributed by atoms with E-state index in [9.17, 15) is 13.9 Å². The van der Waals surface area contributed by atoms with Crippen LogP contribution in [0.15, 0.2) is 30.3 Å². The molecule has 1 fully saturated rings. The van der Waals surface area contributed by atoms with Crippen molar-refractivity contribution in [3.63, 3.8) is 0 Å². The Kier molecular flexibility index (Phi) is 5.04. The van der Waals surface area contributed by atoms with Gasteiger partial charge in [0.2, 0.25) is 0 Å². The topological polar surface area (TPSA) is 47.9 Å². The van der Waals surface area contributed by atoms with Crippen LogP contribution in [0.4, 0.5) is 8.78 Å². The number of benzene rings is 1. The van der Waals surface area contributed by atoms with Crippen LogP contribution < -0.4 is 0 Å². The smallest absolute Gasteiger partial charge is 0.301 e. The van der Waals surface area contributed by atoms with E-state index in [1.165, 1.54) is 7.11 Å². The summed E-state index contributed by atoms with van der Waals surface area (Å²) in [6.45, 7) is -0.0939. The van der Waals surface area contributed by atoms with Gasteiger partial charge in [-0.3, -0.25) is 0 Å². The van der Waals surface area contributed by atoms with E-state index < -0.39 is 24.4 Å². The Labute approximate surface area is 116 Å². The van der Waals surface area contributed by atoms with Crippen LogP contribution in [-0.2, 0) is 20.8 Å². The average molecular weight is 288 g/mol. The van der Waals surface area contributed by atoms with Crippen molar-refractivity contribution >= 4 is 0 Å². The number of rotatable bonds is 5. The van der Waals surface area contributed by atoms with Crippen molar-refractivity contribution in [2.24, 2.45) is 0 Å². The molecule has 0 radical (unpaired) electrons. The van der Waals surface area contributed by atoms with Gasteiger partial charge in [-0.2, -0.15) is 0 Å². The number of aliphatic hydroxyl groups is 1. The minimum atomic E-state index is -3.34. The Bertz CT molecular complexity index is 413. The average Bonchev–Trinajstić information content (AvgIpc) is 2.44. The van der Waals surface area contributed by atoms with Crippen molar-refractivity contribution in [2.45, 2.75) is 37.4 Å². The minimum Gasteiger partial charge on any atom is -0.387 e. The quantitative estimate of drug-likeness (QED) is 0.900. The standard InChI is InChI=1S/C14H18F2O4/c1-18-13-7-11(17)14(15,16)12(20-13)9-19-8-10-5-3-2-4-6-10/h2-6,11-13,17H,7-9H2,1H3/t11-,12-,13+/m1/s1. The molecule has 0 bridgehead atoms. The molecule has 20 heavy (non-hydrogen) atoms.